The average Bonchev–Trinajstić information content (AvgIpc) is 3.05. The van der Waals surface area contributed by atoms with Gasteiger partial charge in [-0.1, -0.05) is 50.5 Å². The van der Waals surface area contributed by atoms with Gasteiger partial charge in [0.25, 0.3) is 0 Å². The van der Waals surface area contributed by atoms with Crippen LogP contribution < -0.4 is 5.73 Å². The number of esters is 1. The number of unbranched alkanes of at least 4 members (excludes halogenated alkanes) is 3. The van der Waals surface area contributed by atoms with Crippen molar-refractivity contribution < 1.29 is 35.1 Å². The third-order valence-electron chi connectivity index (χ3n) is 6.36. The number of aliphatic hydroxyl groups is 5. The second-order valence-corrected chi connectivity index (χ2v) is 9.72. The van der Waals surface area contributed by atoms with Crippen LogP contribution in [-0.2, 0) is 9.53 Å². The van der Waals surface area contributed by atoms with Gasteiger partial charge in [-0.3, -0.25) is 4.79 Å². The molecule has 0 spiro atoms. The van der Waals surface area contributed by atoms with Crippen molar-refractivity contribution in [1.29, 1.82) is 0 Å². The van der Waals surface area contributed by atoms with E-state index in [2.05, 4.69) is 6.92 Å². The smallest absolute Gasteiger partial charge is 0.305 e. The van der Waals surface area contributed by atoms with Gasteiger partial charge in [-0.15, -0.1) is 0 Å². The van der Waals surface area contributed by atoms with E-state index in [-0.39, 0.29) is 24.9 Å². The minimum Gasteiger partial charge on any atom is -0.464 e. The molecule has 1 aliphatic rings. The Labute approximate surface area is 198 Å². The molecule has 8 heteroatoms. The summed E-state index contributed by atoms with van der Waals surface area (Å²) in [4.78, 5) is 11.8. The van der Waals surface area contributed by atoms with Crippen molar-refractivity contribution in [3.05, 3.63) is 24.3 Å². The third-order valence-corrected chi connectivity index (χ3v) is 6.36. The second-order valence-electron chi connectivity index (χ2n) is 9.72. The first-order valence-electron chi connectivity index (χ1n) is 12.2. The van der Waals surface area contributed by atoms with Gasteiger partial charge in [0.1, 0.15) is 6.61 Å². The van der Waals surface area contributed by atoms with E-state index in [1.165, 1.54) is 0 Å². The molecule has 0 aromatic rings. The minimum atomic E-state index is -1.32. The molecule has 0 heterocycles. The maximum atomic E-state index is 11.8. The number of carbonyl (C=O) groups excluding carboxylic acids is 1. The third kappa shape index (κ3) is 11.1. The maximum Gasteiger partial charge on any atom is 0.305 e. The van der Waals surface area contributed by atoms with Gasteiger partial charge >= 0.3 is 5.97 Å². The lowest BCUT2D eigenvalue weighted by Crippen LogP contribution is -2.51. The number of aliphatic hydroxyl groups excluding tert-OH is 4. The summed E-state index contributed by atoms with van der Waals surface area (Å²) < 4.78 is 5.00. The molecule has 1 saturated carbocycles. The molecule has 0 aliphatic heterocycles. The summed E-state index contributed by atoms with van der Waals surface area (Å²) in [5, 5.41) is 49.5. The second kappa shape index (κ2) is 14.9. The van der Waals surface area contributed by atoms with Crippen molar-refractivity contribution >= 4 is 5.97 Å². The monoisotopic (exact) mass is 471 g/mol. The number of rotatable bonds is 16. The Morgan fingerprint density at radius 2 is 1.82 bits per heavy atom. The Morgan fingerprint density at radius 1 is 1.12 bits per heavy atom. The van der Waals surface area contributed by atoms with Crippen LogP contribution >= 0.6 is 0 Å². The van der Waals surface area contributed by atoms with E-state index < -0.39 is 42.5 Å². The molecule has 192 valence electrons. The van der Waals surface area contributed by atoms with E-state index in [1.807, 2.05) is 18.2 Å². The summed E-state index contributed by atoms with van der Waals surface area (Å²) >= 11 is 0. The highest BCUT2D eigenvalue weighted by molar-refractivity contribution is 5.69. The average molecular weight is 472 g/mol. The zero-order chi connectivity index (χ0) is 24.9. The normalized spacial score (nSPS) is 25.7. The Hall–Kier alpha value is -1.29. The molecule has 0 aromatic carbocycles. The number of hydrogen-bond acceptors (Lipinski definition) is 8. The number of allylic oxidation sites excluding steroid dienone is 2. The van der Waals surface area contributed by atoms with E-state index in [4.69, 9.17) is 20.7 Å². The number of nitrogens with two attached hydrogens (primary N) is 1. The molecule has 1 aliphatic carbocycles. The molecule has 33 heavy (non-hydrogen) atoms. The van der Waals surface area contributed by atoms with Gasteiger partial charge < -0.3 is 36.0 Å². The highest BCUT2D eigenvalue weighted by atomic mass is 16.5. The van der Waals surface area contributed by atoms with Gasteiger partial charge in [0.2, 0.25) is 0 Å². The zero-order valence-electron chi connectivity index (χ0n) is 20.2. The Balaban J connectivity index is 2.44. The van der Waals surface area contributed by atoms with Crippen LogP contribution in [0.4, 0.5) is 0 Å². The molecule has 7 N–H and O–H groups in total. The summed E-state index contributed by atoms with van der Waals surface area (Å²) in [5.74, 6) is -0.781. The summed E-state index contributed by atoms with van der Waals surface area (Å²) in [5.41, 5.74) is 3.41. The van der Waals surface area contributed by atoms with Crippen LogP contribution in [0.15, 0.2) is 24.3 Å². The minimum absolute atomic E-state index is 0.126. The lowest BCUT2D eigenvalue weighted by atomic mass is 9.88. The molecule has 0 bridgehead atoms. The predicted octanol–water partition coefficient (Wildman–Crippen LogP) is 1.57. The summed E-state index contributed by atoms with van der Waals surface area (Å²) in [6.07, 6.45) is 12.4. The first-order chi connectivity index (χ1) is 15.6. The van der Waals surface area contributed by atoms with Crippen molar-refractivity contribution in [3.63, 3.8) is 0 Å². The fourth-order valence-electron chi connectivity index (χ4n) is 4.01. The standard InChI is InChI=1S/C25H45NO7/c1-3-4-9-13-24(2,32)14-12-20-19(21(29)15-22(20)30)10-7-5-6-8-11-23(31)33-18-25(26,16-27)17-28/h5,7,12,14,19-22,27-30,32H,3-4,6,8-11,13,15-18,26H2,1-2H3/b7-5-,14-12+/t19-,20-,21+,22-,24?/m1/s1. The molecular weight excluding hydrogens is 426 g/mol. The van der Waals surface area contributed by atoms with Gasteiger partial charge in [0.15, 0.2) is 0 Å². The summed E-state index contributed by atoms with van der Waals surface area (Å²) in [6.45, 7) is 2.70. The summed E-state index contributed by atoms with van der Waals surface area (Å²) in [7, 11) is 0. The zero-order valence-corrected chi connectivity index (χ0v) is 20.2. The van der Waals surface area contributed by atoms with Crippen molar-refractivity contribution in [2.24, 2.45) is 17.6 Å². The fraction of sp³-hybridized carbons (Fsp3) is 0.800. The number of hydrogen-bond donors (Lipinski definition) is 6. The largest absolute Gasteiger partial charge is 0.464 e. The molecule has 1 rings (SSSR count). The van der Waals surface area contributed by atoms with E-state index in [0.717, 1.165) is 19.3 Å². The first kappa shape index (κ1) is 29.7. The predicted molar refractivity (Wildman–Crippen MR) is 127 cm³/mol. The summed E-state index contributed by atoms with van der Waals surface area (Å²) in [6, 6.07) is 0. The first-order valence-corrected chi connectivity index (χ1v) is 12.2. The SMILES string of the molecule is CCCCCC(C)(O)/C=C/[C@@H]1[C@@H](C/C=C\CCCC(=O)OCC(N)(CO)CO)[C@@H](O)C[C@H]1O. The van der Waals surface area contributed by atoms with Gasteiger partial charge in [0.05, 0.1) is 36.6 Å². The molecule has 0 amide bonds. The molecule has 8 nitrogen and oxygen atoms in total. The van der Waals surface area contributed by atoms with Crippen LogP contribution in [0.3, 0.4) is 0 Å². The molecule has 5 atom stereocenters. The van der Waals surface area contributed by atoms with Crippen molar-refractivity contribution in [1.82, 2.24) is 0 Å². The van der Waals surface area contributed by atoms with E-state index in [1.54, 1.807) is 13.0 Å². The molecule has 1 unspecified atom stereocenters. The van der Waals surface area contributed by atoms with E-state index >= 15 is 0 Å². The van der Waals surface area contributed by atoms with Crippen LogP contribution in [0.2, 0.25) is 0 Å². The van der Waals surface area contributed by atoms with Gasteiger partial charge in [-0.2, -0.15) is 0 Å². The Kier molecular flexibility index (Phi) is 13.4. The van der Waals surface area contributed by atoms with Gasteiger partial charge in [-0.25, -0.2) is 0 Å². The molecular formula is C25H45NO7. The fourth-order valence-corrected chi connectivity index (χ4v) is 4.01. The van der Waals surface area contributed by atoms with E-state index in [9.17, 15) is 20.1 Å². The lowest BCUT2D eigenvalue weighted by molar-refractivity contribution is -0.146. The van der Waals surface area contributed by atoms with Crippen molar-refractivity contribution in [2.45, 2.75) is 95.0 Å². The lowest BCUT2D eigenvalue weighted by Gasteiger charge is -2.23. The van der Waals surface area contributed by atoms with Crippen LogP contribution in [0, 0.1) is 11.8 Å². The topological polar surface area (TPSA) is 153 Å². The van der Waals surface area contributed by atoms with Crippen LogP contribution in [0.1, 0.15) is 71.6 Å². The van der Waals surface area contributed by atoms with Crippen LogP contribution in [0.25, 0.3) is 0 Å². The highest BCUT2D eigenvalue weighted by Gasteiger charge is 2.39. The quantitative estimate of drug-likeness (QED) is 0.113. The van der Waals surface area contributed by atoms with Crippen LogP contribution in [0.5, 0.6) is 0 Å². The molecule has 0 saturated heterocycles. The Bertz CT molecular complexity index is 616. The number of carbonyl (C=O) groups is 1. The van der Waals surface area contributed by atoms with Gasteiger partial charge in [0, 0.05) is 18.8 Å². The molecule has 0 radical (unpaired) electrons. The Morgan fingerprint density at radius 3 is 2.45 bits per heavy atom. The van der Waals surface area contributed by atoms with Crippen molar-refractivity contribution in [3.8, 4) is 0 Å². The van der Waals surface area contributed by atoms with Crippen LogP contribution in [-0.4, -0.2) is 74.7 Å². The van der Waals surface area contributed by atoms with Crippen molar-refractivity contribution in [2.75, 3.05) is 19.8 Å². The number of ether oxygens (including phenoxy) is 1. The molecule has 0 aromatic heterocycles. The molecule has 1 fully saturated rings. The highest BCUT2D eigenvalue weighted by Crippen LogP contribution is 2.37. The van der Waals surface area contributed by atoms with E-state index in [0.29, 0.717) is 32.1 Å². The maximum absolute atomic E-state index is 11.8. The van der Waals surface area contributed by atoms with Gasteiger partial charge in [-0.05, 0) is 38.5 Å².